The molecule has 0 aliphatic carbocycles. The quantitative estimate of drug-likeness (QED) is 0.875. The van der Waals surface area contributed by atoms with Crippen molar-refractivity contribution >= 4 is 17.7 Å². The van der Waals surface area contributed by atoms with Crippen LogP contribution in [-0.2, 0) is 4.79 Å². The standard InChI is InChI=1S/C13H14F2N2O3/c1-7-2-3-17(11(7)12(18)19)13(20)16-10-5-8(14)4-9(15)6-10/h4-7,11H,2-3H2,1H3,(H,16,20)(H,18,19). The van der Waals surface area contributed by atoms with Gasteiger partial charge in [-0.1, -0.05) is 6.92 Å². The largest absolute Gasteiger partial charge is 0.480 e. The third-order valence-corrected chi connectivity index (χ3v) is 3.33. The number of carboxylic acid groups (broad SMARTS) is 1. The van der Waals surface area contributed by atoms with Crippen molar-refractivity contribution in [3.8, 4) is 0 Å². The van der Waals surface area contributed by atoms with Crippen molar-refractivity contribution < 1.29 is 23.5 Å². The highest BCUT2D eigenvalue weighted by molar-refractivity contribution is 5.92. The van der Waals surface area contributed by atoms with Crippen LogP contribution in [0.15, 0.2) is 18.2 Å². The van der Waals surface area contributed by atoms with Crippen LogP contribution >= 0.6 is 0 Å². The molecule has 2 atom stereocenters. The summed E-state index contributed by atoms with van der Waals surface area (Å²) >= 11 is 0. The lowest BCUT2D eigenvalue weighted by Crippen LogP contribution is -2.44. The van der Waals surface area contributed by atoms with Crippen LogP contribution in [0.25, 0.3) is 0 Å². The van der Waals surface area contributed by atoms with Gasteiger partial charge in [-0.2, -0.15) is 0 Å². The second kappa shape index (κ2) is 5.44. The van der Waals surface area contributed by atoms with Crippen LogP contribution in [0.1, 0.15) is 13.3 Å². The summed E-state index contributed by atoms with van der Waals surface area (Å²) < 4.78 is 26.0. The van der Waals surface area contributed by atoms with E-state index in [4.69, 9.17) is 5.11 Å². The number of carboxylic acids is 1. The zero-order valence-corrected chi connectivity index (χ0v) is 10.8. The average molecular weight is 284 g/mol. The summed E-state index contributed by atoms with van der Waals surface area (Å²) in [6.45, 7) is 2.04. The minimum Gasteiger partial charge on any atom is -0.480 e. The number of aliphatic carboxylic acids is 1. The number of anilines is 1. The minimum atomic E-state index is -1.09. The van der Waals surface area contributed by atoms with Crippen molar-refractivity contribution in [3.63, 3.8) is 0 Å². The van der Waals surface area contributed by atoms with Gasteiger partial charge in [-0.3, -0.25) is 0 Å². The number of nitrogens with zero attached hydrogens (tertiary/aromatic N) is 1. The number of carbonyl (C=O) groups excluding carboxylic acids is 1. The van der Waals surface area contributed by atoms with E-state index in [-0.39, 0.29) is 11.6 Å². The number of amides is 2. The van der Waals surface area contributed by atoms with Gasteiger partial charge in [-0.15, -0.1) is 0 Å². The molecule has 7 heteroatoms. The zero-order valence-electron chi connectivity index (χ0n) is 10.8. The molecule has 2 rings (SSSR count). The Balaban J connectivity index is 2.13. The number of carbonyl (C=O) groups is 2. The van der Waals surface area contributed by atoms with Gasteiger partial charge in [0.15, 0.2) is 0 Å². The van der Waals surface area contributed by atoms with E-state index in [0.29, 0.717) is 19.0 Å². The van der Waals surface area contributed by atoms with E-state index < -0.39 is 29.7 Å². The Morgan fingerprint density at radius 1 is 1.30 bits per heavy atom. The highest BCUT2D eigenvalue weighted by Crippen LogP contribution is 2.25. The molecular weight excluding hydrogens is 270 g/mol. The van der Waals surface area contributed by atoms with Crippen LogP contribution < -0.4 is 5.32 Å². The van der Waals surface area contributed by atoms with E-state index in [1.165, 1.54) is 0 Å². The summed E-state index contributed by atoms with van der Waals surface area (Å²) in [6.07, 6.45) is 0.571. The number of hydrogen-bond acceptors (Lipinski definition) is 2. The van der Waals surface area contributed by atoms with Crippen molar-refractivity contribution in [2.24, 2.45) is 5.92 Å². The Morgan fingerprint density at radius 2 is 1.90 bits per heavy atom. The van der Waals surface area contributed by atoms with Gasteiger partial charge in [-0.05, 0) is 24.5 Å². The van der Waals surface area contributed by atoms with E-state index in [9.17, 15) is 18.4 Å². The van der Waals surface area contributed by atoms with Crippen LogP contribution in [0.4, 0.5) is 19.3 Å². The van der Waals surface area contributed by atoms with E-state index in [2.05, 4.69) is 5.32 Å². The maximum absolute atomic E-state index is 13.0. The number of likely N-dealkylation sites (tertiary alicyclic amines) is 1. The van der Waals surface area contributed by atoms with Gasteiger partial charge in [-0.25, -0.2) is 18.4 Å². The van der Waals surface area contributed by atoms with Gasteiger partial charge in [0.25, 0.3) is 0 Å². The molecule has 2 amide bonds. The Bertz CT molecular complexity index is 530. The first kappa shape index (κ1) is 14.2. The first-order valence-corrected chi connectivity index (χ1v) is 6.15. The van der Waals surface area contributed by atoms with Crippen LogP contribution in [0.2, 0.25) is 0 Å². The van der Waals surface area contributed by atoms with Gasteiger partial charge in [0.1, 0.15) is 17.7 Å². The maximum Gasteiger partial charge on any atom is 0.326 e. The van der Waals surface area contributed by atoms with Crippen LogP contribution in [0.5, 0.6) is 0 Å². The molecule has 1 aliphatic rings. The minimum absolute atomic E-state index is 0.0452. The van der Waals surface area contributed by atoms with Crippen LogP contribution in [0, 0.1) is 17.6 Å². The number of halogens is 2. The summed E-state index contributed by atoms with van der Waals surface area (Å²) in [6, 6.07) is 1.03. The Labute approximate surface area is 114 Å². The number of urea groups is 1. The van der Waals surface area contributed by atoms with E-state index in [1.807, 2.05) is 0 Å². The maximum atomic E-state index is 13.0. The molecule has 1 heterocycles. The third kappa shape index (κ3) is 2.87. The number of rotatable bonds is 2. The number of nitrogens with one attached hydrogen (secondary N) is 1. The van der Waals surface area contributed by atoms with Crippen molar-refractivity contribution in [2.45, 2.75) is 19.4 Å². The molecule has 1 aromatic rings. The Kier molecular flexibility index (Phi) is 3.87. The first-order chi connectivity index (χ1) is 9.38. The topological polar surface area (TPSA) is 69.6 Å². The normalized spacial score (nSPS) is 21.9. The molecule has 2 unspecified atom stereocenters. The van der Waals surface area contributed by atoms with Crippen molar-refractivity contribution in [3.05, 3.63) is 29.8 Å². The SMILES string of the molecule is CC1CCN(C(=O)Nc2cc(F)cc(F)c2)C1C(=O)O. The lowest BCUT2D eigenvalue weighted by atomic mass is 10.0. The molecule has 5 nitrogen and oxygen atoms in total. The molecule has 1 saturated heterocycles. The molecule has 108 valence electrons. The van der Waals surface area contributed by atoms with E-state index >= 15 is 0 Å². The highest BCUT2D eigenvalue weighted by atomic mass is 19.1. The second-order valence-corrected chi connectivity index (χ2v) is 4.83. The molecule has 0 aromatic heterocycles. The van der Waals surface area contributed by atoms with Crippen molar-refractivity contribution in [1.29, 1.82) is 0 Å². The summed E-state index contributed by atoms with van der Waals surface area (Å²) in [5, 5.41) is 11.4. The number of hydrogen-bond donors (Lipinski definition) is 2. The summed E-state index contributed by atoms with van der Waals surface area (Å²) in [7, 11) is 0. The van der Waals surface area contributed by atoms with E-state index in [1.54, 1.807) is 6.92 Å². The predicted octanol–water partition coefficient (Wildman–Crippen LogP) is 2.29. The van der Waals surface area contributed by atoms with Crippen LogP contribution in [0.3, 0.4) is 0 Å². The summed E-state index contributed by atoms with van der Waals surface area (Å²) in [5.41, 5.74) is -0.0452. The fourth-order valence-corrected chi connectivity index (χ4v) is 2.37. The third-order valence-electron chi connectivity index (χ3n) is 3.33. The van der Waals surface area contributed by atoms with E-state index in [0.717, 1.165) is 17.0 Å². The first-order valence-electron chi connectivity index (χ1n) is 6.15. The van der Waals surface area contributed by atoms with Crippen LogP contribution in [-0.4, -0.2) is 34.6 Å². The second-order valence-electron chi connectivity index (χ2n) is 4.83. The lowest BCUT2D eigenvalue weighted by molar-refractivity contribution is -0.142. The molecule has 0 saturated carbocycles. The molecule has 0 spiro atoms. The fraction of sp³-hybridized carbons (Fsp3) is 0.385. The molecule has 20 heavy (non-hydrogen) atoms. The van der Waals surface area contributed by atoms with Crippen molar-refractivity contribution in [1.82, 2.24) is 4.90 Å². The van der Waals surface area contributed by atoms with Gasteiger partial charge in [0.2, 0.25) is 0 Å². The van der Waals surface area contributed by atoms with Gasteiger partial charge >= 0.3 is 12.0 Å². The van der Waals surface area contributed by atoms with Gasteiger partial charge < -0.3 is 15.3 Å². The molecule has 0 radical (unpaired) electrons. The summed E-state index contributed by atoms with van der Waals surface area (Å²) in [5.74, 6) is -2.88. The molecule has 0 bridgehead atoms. The molecular formula is C13H14F2N2O3. The highest BCUT2D eigenvalue weighted by Gasteiger charge is 2.39. The smallest absolute Gasteiger partial charge is 0.326 e. The Hall–Kier alpha value is -2.18. The summed E-state index contributed by atoms with van der Waals surface area (Å²) in [4.78, 5) is 24.3. The lowest BCUT2D eigenvalue weighted by Gasteiger charge is -2.23. The molecule has 1 aliphatic heterocycles. The Morgan fingerprint density at radius 3 is 2.45 bits per heavy atom. The molecule has 2 N–H and O–H groups in total. The number of benzene rings is 1. The average Bonchev–Trinajstić information content (AvgIpc) is 2.69. The van der Waals surface area contributed by atoms with Gasteiger partial charge in [0, 0.05) is 18.3 Å². The van der Waals surface area contributed by atoms with Gasteiger partial charge in [0.05, 0.1) is 0 Å². The molecule has 1 fully saturated rings. The monoisotopic (exact) mass is 284 g/mol. The predicted molar refractivity (Wildman–Crippen MR) is 67.3 cm³/mol. The molecule has 1 aromatic carbocycles. The fourth-order valence-electron chi connectivity index (χ4n) is 2.37. The zero-order chi connectivity index (χ0) is 14.9. The van der Waals surface area contributed by atoms with Crippen molar-refractivity contribution in [2.75, 3.05) is 11.9 Å².